The second-order valence-electron chi connectivity index (χ2n) is 6.36. The largest absolute Gasteiger partial charge is 0.368 e. The molecule has 0 bridgehead atoms. The van der Waals surface area contributed by atoms with Gasteiger partial charge >= 0.3 is 0 Å². The first-order chi connectivity index (χ1) is 9.62. The van der Waals surface area contributed by atoms with Crippen LogP contribution in [-0.2, 0) is 9.53 Å². The Kier molecular flexibility index (Phi) is 7.95. The summed E-state index contributed by atoms with van der Waals surface area (Å²) in [7, 11) is 4.23. The molecule has 1 saturated carbocycles. The van der Waals surface area contributed by atoms with Crippen LogP contribution in [0.2, 0.25) is 0 Å². The first kappa shape index (κ1) is 18.7. The molecule has 0 aromatic rings. The Morgan fingerprint density at radius 2 is 1.90 bits per heavy atom. The van der Waals surface area contributed by atoms with Gasteiger partial charge in [-0.1, -0.05) is 12.8 Å². The van der Waals surface area contributed by atoms with Crippen LogP contribution < -0.4 is 10.6 Å². The molecule has 0 aromatic heterocycles. The molecule has 124 valence electrons. The summed E-state index contributed by atoms with van der Waals surface area (Å²) in [6.07, 6.45) is 7.14. The van der Waals surface area contributed by atoms with E-state index in [4.69, 9.17) is 4.74 Å². The van der Waals surface area contributed by atoms with Gasteiger partial charge in [-0.15, -0.1) is 12.4 Å². The van der Waals surface area contributed by atoms with Gasteiger partial charge in [0, 0.05) is 12.1 Å². The maximum absolute atomic E-state index is 11.9. The van der Waals surface area contributed by atoms with E-state index in [-0.39, 0.29) is 36.6 Å². The van der Waals surface area contributed by atoms with Crippen molar-refractivity contribution in [2.75, 3.05) is 40.3 Å². The highest BCUT2D eigenvalue weighted by Crippen LogP contribution is 2.33. The van der Waals surface area contributed by atoms with Crippen molar-refractivity contribution in [1.29, 1.82) is 0 Å². The summed E-state index contributed by atoms with van der Waals surface area (Å²) >= 11 is 0. The molecule has 0 unspecified atom stereocenters. The topological polar surface area (TPSA) is 53.6 Å². The molecule has 0 aromatic carbocycles. The molecule has 21 heavy (non-hydrogen) atoms. The van der Waals surface area contributed by atoms with Crippen LogP contribution in [-0.4, -0.2) is 62.8 Å². The van der Waals surface area contributed by atoms with E-state index in [1.54, 1.807) is 0 Å². The molecule has 2 rings (SSSR count). The highest BCUT2D eigenvalue weighted by atomic mass is 35.5. The smallest absolute Gasteiger partial charge is 0.246 e. The fourth-order valence-electron chi connectivity index (χ4n) is 3.29. The van der Waals surface area contributed by atoms with Gasteiger partial charge in [0.2, 0.25) is 5.91 Å². The molecular weight excluding hydrogens is 290 g/mol. The van der Waals surface area contributed by atoms with E-state index < -0.39 is 0 Å². The van der Waals surface area contributed by atoms with Gasteiger partial charge in [0.15, 0.2) is 0 Å². The average molecular weight is 320 g/mol. The molecule has 2 N–H and O–H groups in total. The number of carbonyl (C=O) groups excluding carboxylic acids is 1. The fraction of sp³-hybridized carbons (Fsp3) is 0.933. The number of amides is 1. The first-order valence-electron chi connectivity index (χ1n) is 7.89. The number of halogens is 1. The van der Waals surface area contributed by atoms with Crippen molar-refractivity contribution < 1.29 is 9.53 Å². The third kappa shape index (κ3) is 5.40. The molecule has 0 spiro atoms. The number of piperidine rings is 1. The van der Waals surface area contributed by atoms with Crippen molar-refractivity contribution in [1.82, 2.24) is 15.5 Å². The predicted molar refractivity (Wildman–Crippen MR) is 87.0 cm³/mol. The monoisotopic (exact) mass is 319 g/mol. The fourth-order valence-corrected chi connectivity index (χ4v) is 3.29. The van der Waals surface area contributed by atoms with Gasteiger partial charge in [-0.3, -0.25) is 4.79 Å². The normalized spacial score (nSPS) is 22.0. The van der Waals surface area contributed by atoms with Crippen molar-refractivity contribution in [3.05, 3.63) is 0 Å². The minimum atomic E-state index is 0. The summed E-state index contributed by atoms with van der Waals surface area (Å²) in [5.41, 5.74) is 0.157. The maximum Gasteiger partial charge on any atom is 0.246 e. The Bertz CT molecular complexity index is 314. The van der Waals surface area contributed by atoms with Gasteiger partial charge in [-0.05, 0) is 52.9 Å². The molecule has 0 radical (unpaired) electrons. The van der Waals surface area contributed by atoms with Crippen molar-refractivity contribution in [2.24, 2.45) is 0 Å². The van der Waals surface area contributed by atoms with Crippen LogP contribution in [0.25, 0.3) is 0 Å². The third-order valence-corrected chi connectivity index (χ3v) is 4.83. The lowest BCUT2D eigenvalue weighted by Crippen LogP contribution is -2.51. The highest BCUT2D eigenvalue weighted by Gasteiger charge is 2.36. The van der Waals surface area contributed by atoms with E-state index in [0.717, 1.165) is 32.5 Å². The van der Waals surface area contributed by atoms with Gasteiger partial charge in [-0.25, -0.2) is 0 Å². The van der Waals surface area contributed by atoms with Crippen LogP contribution in [0.1, 0.15) is 38.5 Å². The second-order valence-corrected chi connectivity index (χ2v) is 6.36. The van der Waals surface area contributed by atoms with E-state index in [1.165, 1.54) is 25.7 Å². The van der Waals surface area contributed by atoms with Gasteiger partial charge in [0.25, 0.3) is 0 Å². The van der Waals surface area contributed by atoms with E-state index in [1.807, 2.05) is 0 Å². The molecule has 5 nitrogen and oxygen atoms in total. The Morgan fingerprint density at radius 3 is 2.48 bits per heavy atom. The Morgan fingerprint density at radius 1 is 1.29 bits per heavy atom. The molecule has 1 heterocycles. The van der Waals surface area contributed by atoms with Gasteiger partial charge in [0.05, 0.1) is 6.10 Å². The molecular formula is C15H30ClN3O2. The van der Waals surface area contributed by atoms with E-state index in [9.17, 15) is 4.79 Å². The van der Waals surface area contributed by atoms with Crippen LogP contribution in [0.3, 0.4) is 0 Å². The average Bonchev–Trinajstić information content (AvgIpc) is 2.94. The highest BCUT2D eigenvalue weighted by molar-refractivity contribution is 5.85. The summed E-state index contributed by atoms with van der Waals surface area (Å²) < 4.78 is 5.69. The SMILES string of the molecule is CN(C)C1(CNC(=O)COC2CCNCC2)CCCC1.Cl. The quantitative estimate of drug-likeness (QED) is 0.771. The van der Waals surface area contributed by atoms with Crippen LogP contribution in [0, 0.1) is 0 Å². The molecule has 2 fully saturated rings. The lowest BCUT2D eigenvalue weighted by atomic mass is 9.96. The van der Waals surface area contributed by atoms with Crippen molar-refractivity contribution in [3.63, 3.8) is 0 Å². The zero-order chi connectivity index (χ0) is 14.4. The molecule has 1 aliphatic carbocycles. The van der Waals surface area contributed by atoms with Crippen LogP contribution in [0.5, 0.6) is 0 Å². The third-order valence-electron chi connectivity index (χ3n) is 4.83. The van der Waals surface area contributed by atoms with Crippen LogP contribution in [0.15, 0.2) is 0 Å². The summed E-state index contributed by atoms with van der Waals surface area (Å²) in [5, 5.41) is 6.36. The van der Waals surface area contributed by atoms with E-state index in [0.29, 0.717) is 0 Å². The van der Waals surface area contributed by atoms with Crippen LogP contribution >= 0.6 is 12.4 Å². The number of likely N-dealkylation sites (N-methyl/N-ethyl adjacent to an activating group) is 1. The minimum Gasteiger partial charge on any atom is -0.368 e. The number of nitrogens with zero attached hydrogens (tertiary/aromatic N) is 1. The zero-order valence-electron chi connectivity index (χ0n) is 13.3. The molecule has 1 amide bonds. The standard InChI is InChI=1S/C15H29N3O2.ClH/c1-18(2)15(7-3-4-8-15)12-17-14(19)11-20-13-5-9-16-10-6-13;/h13,16H,3-12H2,1-2H3,(H,17,19);1H. The molecule has 1 aliphatic heterocycles. The first-order valence-corrected chi connectivity index (χ1v) is 7.89. The van der Waals surface area contributed by atoms with Gasteiger partial charge in [-0.2, -0.15) is 0 Å². The van der Waals surface area contributed by atoms with Crippen molar-refractivity contribution >= 4 is 18.3 Å². The lowest BCUT2D eigenvalue weighted by molar-refractivity contribution is -0.128. The second kappa shape index (κ2) is 8.93. The molecule has 1 saturated heterocycles. The number of carbonyl (C=O) groups is 1. The lowest BCUT2D eigenvalue weighted by Gasteiger charge is -2.36. The van der Waals surface area contributed by atoms with Crippen molar-refractivity contribution in [2.45, 2.75) is 50.2 Å². The minimum absolute atomic E-state index is 0. The molecule has 6 heteroatoms. The summed E-state index contributed by atoms with van der Waals surface area (Å²) in [6.45, 7) is 2.94. The Hall–Kier alpha value is -0.360. The molecule has 2 aliphatic rings. The zero-order valence-corrected chi connectivity index (χ0v) is 14.1. The summed E-state index contributed by atoms with van der Waals surface area (Å²) in [5.74, 6) is 0.0247. The van der Waals surface area contributed by atoms with Crippen LogP contribution in [0.4, 0.5) is 0 Å². The Balaban J connectivity index is 0.00000220. The molecule has 0 atom stereocenters. The summed E-state index contributed by atoms with van der Waals surface area (Å²) in [6, 6.07) is 0. The number of rotatable bonds is 6. The maximum atomic E-state index is 11.9. The van der Waals surface area contributed by atoms with E-state index >= 15 is 0 Å². The predicted octanol–water partition coefficient (Wildman–Crippen LogP) is 1.17. The number of nitrogens with one attached hydrogen (secondary N) is 2. The number of hydrogen-bond acceptors (Lipinski definition) is 4. The van der Waals surface area contributed by atoms with Gasteiger partial charge in [0.1, 0.15) is 6.61 Å². The van der Waals surface area contributed by atoms with E-state index in [2.05, 4.69) is 29.6 Å². The Labute approximate surface area is 134 Å². The number of ether oxygens (including phenoxy) is 1. The van der Waals surface area contributed by atoms with Crippen molar-refractivity contribution in [3.8, 4) is 0 Å². The summed E-state index contributed by atoms with van der Waals surface area (Å²) in [4.78, 5) is 14.2. The number of hydrogen-bond donors (Lipinski definition) is 2. The van der Waals surface area contributed by atoms with Gasteiger partial charge < -0.3 is 20.3 Å².